The lowest BCUT2D eigenvalue weighted by Crippen LogP contribution is -2.37. The minimum atomic E-state index is -0.126. The molecule has 0 saturated carbocycles. The summed E-state index contributed by atoms with van der Waals surface area (Å²) >= 11 is 6.04. The van der Waals surface area contributed by atoms with Crippen LogP contribution >= 0.6 is 11.6 Å². The first-order valence-corrected chi connectivity index (χ1v) is 9.53. The molecular weight excluding hydrogens is 372 g/mol. The van der Waals surface area contributed by atoms with Gasteiger partial charge in [0.15, 0.2) is 0 Å². The Balaban J connectivity index is 1.86. The van der Waals surface area contributed by atoms with Gasteiger partial charge >= 0.3 is 0 Å². The Bertz CT molecular complexity index is 960. The van der Waals surface area contributed by atoms with Gasteiger partial charge in [-0.15, -0.1) is 0 Å². The zero-order chi connectivity index (χ0) is 20.1. The van der Waals surface area contributed by atoms with Crippen molar-refractivity contribution in [1.29, 1.82) is 0 Å². The van der Waals surface area contributed by atoms with E-state index in [-0.39, 0.29) is 11.9 Å². The van der Waals surface area contributed by atoms with Crippen molar-refractivity contribution in [2.45, 2.75) is 33.4 Å². The summed E-state index contributed by atoms with van der Waals surface area (Å²) in [7, 11) is 0. The average Bonchev–Trinajstić information content (AvgIpc) is 2.66. The van der Waals surface area contributed by atoms with E-state index in [1.807, 2.05) is 56.3 Å². The second-order valence-electron chi connectivity index (χ2n) is 6.83. The van der Waals surface area contributed by atoms with Gasteiger partial charge in [0.2, 0.25) is 0 Å². The summed E-state index contributed by atoms with van der Waals surface area (Å²) in [5.41, 5.74) is 2.24. The molecule has 6 heteroatoms. The molecule has 1 amide bonds. The number of anilines is 2. The van der Waals surface area contributed by atoms with Crippen molar-refractivity contribution in [3.05, 3.63) is 82.8 Å². The SMILES string of the molecule is Cc1nc(Nc2cccc(Cl)c2)cc(C(=O)N(Cc2ccccc2)C(C)C)n1. The van der Waals surface area contributed by atoms with Crippen LogP contribution in [0, 0.1) is 6.92 Å². The Morgan fingerprint density at radius 2 is 1.82 bits per heavy atom. The lowest BCUT2D eigenvalue weighted by atomic mass is 10.1. The first kappa shape index (κ1) is 19.8. The highest BCUT2D eigenvalue weighted by Gasteiger charge is 2.21. The highest BCUT2D eigenvalue weighted by molar-refractivity contribution is 6.30. The highest BCUT2D eigenvalue weighted by atomic mass is 35.5. The third-order valence-corrected chi connectivity index (χ3v) is 4.47. The number of nitrogens with one attached hydrogen (secondary N) is 1. The molecule has 0 atom stereocenters. The molecule has 0 fully saturated rings. The summed E-state index contributed by atoms with van der Waals surface area (Å²) in [6, 6.07) is 19.0. The Morgan fingerprint density at radius 3 is 2.50 bits per heavy atom. The zero-order valence-corrected chi connectivity index (χ0v) is 16.9. The Hall–Kier alpha value is -2.92. The molecule has 0 aliphatic rings. The normalized spacial score (nSPS) is 10.8. The van der Waals surface area contributed by atoms with E-state index < -0.39 is 0 Å². The molecule has 0 aliphatic carbocycles. The summed E-state index contributed by atoms with van der Waals surface area (Å²) in [5.74, 6) is 0.957. The highest BCUT2D eigenvalue weighted by Crippen LogP contribution is 2.20. The fraction of sp³-hybridized carbons (Fsp3) is 0.227. The Labute approximate surface area is 170 Å². The van der Waals surface area contributed by atoms with Gasteiger partial charge < -0.3 is 10.2 Å². The van der Waals surface area contributed by atoms with E-state index in [4.69, 9.17) is 11.6 Å². The fourth-order valence-corrected chi connectivity index (χ4v) is 3.06. The average molecular weight is 395 g/mol. The largest absolute Gasteiger partial charge is 0.340 e. The van der Waals surface area contributed by atoms with Crippen LogP contribution in [0.15, 0.2) is 60.7 Å². The van der Waals surface area contributed by atoms with Crippen molar-refractivity contribution >= 4 is 29.0 Å². The smallest absolute Gasteiger partial charge is 0.273 e. The summed E-state index contributed by atoms with van der Waals surface area (Å²) in [5, 5.41) is 3.82. The number of hydrogen-bond donors (Lipinski definition) is 1. The van der Waals surface area contributed by atoms with Gasteiger partial charge in [0, 0.05) is 29.4 Å². The van der Waals surface area contributed by atoms with Gasteiger partial charge in [0.25, 0.3) is 5.91 Å². The van der Waals surface area contributed by atoms with Crippen LogP contribution in [0.5, 0.6) is 0 Å². The van der Waals surface area contributed by atoms with Gasteiger partial charge in [-0.25, -0.2) is 9.97 Å². The first-order chi connectivity index (χ1) is 13.4. The number of benzene rings is 2. The number of nitrogens with zero attached hydrogens (tertiary/aromatic N) is 3. The van der Waals surface area contributed by atoms with Gasteiger partial charge in [-0.05, 0) is 44.5 Å². The fourth-order valence-electron chi connectivity index (χ4n) is 2.87. The topological polar surface area (TPSA) is 58.1 Å². The molecule has 1 N–H and O–H groups in total. The number of carbonyl (C=O) groups excluding carboxylic acids is 1. The Kier molecular flexibility index (Phi) is 6.26. The van der Waals surface area contributed by atoms with E-state index >= 15 is 0 Å². The van der Waals surface area contributed by atoms with Crippen LogP contribution < -0.4 is 5.32 Å². The van der Waals surface area contributed by atoms with Gasteiger partial charge in [-0.2, -0.15) is 0 Å². The molecule has 0 unspecified atom stereocenters. The Morgan fingerprint density at radius 1 is 1.07 bits per heavy atom. The summed E-state index contributed by atoms with van der Waals surface area (Å²) in [6.45, 7) is 6.30. The van der Waals surface area contributed by atoms with Crippen LogP contribution in [-0.2, 0) is 6.54 Å². The van der Waals surface area contributed by atoms with Crippen LogP contribution in [-0.4, -0.2) is 26.8 Å². The number of hydrogen-bond acceptors (Lipinski definition) is 4. The maximum absolute atomic E-state index is 13.2. The van der Waals surface area contributed by atoms with E-state index in [0.717, 1.165) is 11.3 Å². The van der Waals surface area contributed by atoms with Crippen molar-refractivity contribution in [1.82, 2.24) is 14.9 Å². The number of halogens is 1. The molecule has 5 nitrogen and oxygen atoms in total. The van der Waals surface area contributed by atoms with Crippen molar-refractivity contribution in [3.8, 4) is 0 Å². The van der Waals surface area contributed by atoms with Crippen molar-refractivity contribution in [2.24, 2.45) is 0 Å². The molecule has 3 rings (SSSR count). The predicted molar refractivity (Wildman–Crippen MR) is 113 cm³/mol. The van der Waals surface area contributed by atoms with Crippen LogP contribution in [0.2, 0.25) is 5.02 Å². The molecule has 1 heterocycles. The minimum Gasteiger partial charge on any atom is -0.340 e. The zero-order valence-electron chi connectivity index (χ0n) is 16.2. The van der Waals surface area contributed by atoms with Crippen LogP contribution in [0.25, 0.3) is 0 Å². The van der Waals surface area contributed by atoms with E-state index in [1.165, 1.54) is 0 Å². The molecule has 0 aliphatic heterocycles. The molecule has 2 aromatic carbocycles. The third-order valence-electron chi connectivity index (χ3n) is 4.23. The predicted octanol–water partition coefficient (Wildman–Crippen LogP) is 5.23. The molecular formula is C22H23ClN4O. The van der Waals surface area contributed by atoms with Gasteiger partial charge in [-0.3, -0.25) is 4.79 Å². The lowest BCUT2D eigenvalue weighted by molar-refractivity contribution is 0.0684. The summed E-state index contributed by atoms with van der Waals surface area (Å²) < 4.78 is 0. The summed E-state index contributed by atoms with van der Waals surface area (Å²) in [4.78, 5) is 23.8. The number of aryl methyl sites for hydroxylation is 1. The number of carbonyl (C=O) groups is 1. The van der Waals surface area contributed by atoms with E-state index in [1.54, 1.807) is 30.0 Å². The maximum Gasteiger partial charge on any atom is 0.273 e. The van der Waals surface area contributed by atoms with Crippen molar-refractivity contribution < 1.29 is 4.79 Å². The minimum absolute atomic E-state index is 0.0346. The quantitative estimate of drug-likeness (QED) is 0.621. The summed E-state index contributed by atoms with van der Waals surface area (Å²) in [6.07, 6.45) is 0. The second-order valence-corrected chi connectivity index (χ2v) is 7.27. The van der Waals surface area contributed by atoms with Gasteiger partial charge in [-0.1, -0.05) is 48.0 Å². The number of amides is 1. The van der Waals surface area contributed by atoms with Gasteiger partial charge in [0.1, 0.15) is 17.3 Å². The van der Waals surface area contributed by atoms with Crippen molar-refractivity contribution in [2.75, 3.05) is 5.32 Å². The molecule has 28 heavy (non-hydrogen) atoms. The molecule has 1 aromatic heterocycles. The molecule has 0 radical (unpaired) electrons. The van der Waals surface area contributed by atoms with E-state index in [2.05, 4.69) is 15.3 Å². The van der Waals surface area contributed by atoms with E-state index in [9.17, 15) is 4.79 Å². The third kappa shape index (κ3) is 5.08. The first-order valence-electron chi connectivity index (χ1n) is 9.15. The number of aromatic nitrogens is 2. The second kappa shape index (κ2) is 8.85. The van der Waals surface area contributed by atoms with Crippen LogP contribution in [0.4, 0.5) is 11.5 Å². The number of rotatable bonds is 6. The van der Waals surface area contributed by atoms with Crippen LogP contribution in [0.3, 0.4) is 0 Å². The molecule has 3 aromatic rings. The monoisotopic (exact) mass is 394 g/mol. The molecule has 144 valence electrons. The van der Waals surface area contributed by atoms with Gasteiger partial charge in [0.05, 0.1) is 0 Å². The molecule has 0 spiro atoms. The standard InChI is InChI=1S/C22H23ClN4O/c1-15(2)27(14-17-8-5-4-6-9-17)22(28)20-13-21(25-16(3)24-20)26-19-11-7-10-18(23)12-19/h4-13,15H,14H2,1-3H3,(H,24,25,26). The van der Waals surface area contributed by atoms with Crippen molar-refractivity contribution in [3.63, 3.8) is 0 Å². The maximum atomic E-state index is 13.2. The molecule has 0 bridgehead atoms. The van der Waals surface area contributed by atoms with E-state index in [0.29, 0.717) is 28.9 Å². The lowest BCUT2D eigenvalue weighted by Gasteiger charge is -2.26. The molecule has 0 saturated heterocycles. The van der Waals surface area contributed by atoms with Crippen LogP contribution in [0.1, 0.15) is 35.7 Å².